The molecular formula is C47H40F2N20O4. The predicted molar refractivity (Wildman–Crippen MR) is 256 cm³/mol. The van der Waals surface area contributed by atoms with Crippen molar-refractivity contribution in [3.05, 3.63) is 145 Å². The van der Waals surface area contributed by atoms with E-state index in [1.807, 2.05) is 48.5 Å². The van der Waals surface area contributed by atoms with Crippen LogP contribution in [0.5, 0.6) is 0 Å². The fourth-order valence-electron chi connectivity index (χ4n) is 8.84. The number of H-pyrrole nitrogens is 2. The Hall–Kier alpha value is -9.88. The van der Waals surface area contributed by atoms with Crippen LogP contribution in [0, 0.1) is 18.6 Å². The number of anilines is 2. The second-order valence-corrected chi connectivity index (χ2v) is 16.6. The third-order valence-electron chi connectivity index (χ3n) is 12.4. The highest BCUT2D eigenvalue weighted by atomic mass is 19.1. The molecule has 2 amide bonds. The Morgan fingerprint density at radius 3 is 1.48 bits per heavy atom. The number of ketones is 2. The number of aromatic amines is 2. The van der Waals surface area contributed by atoms with E-state index in [2.05, 4.69) is 70.3 Å². The Bertz CT molecular complexity index is 3650. The van der Waals surface area contributed by atoms with Crippen LogP contribution in [0.25, 0.3) is 45.1 Å². The summed E-state index contributed by atoms with van der Waals surface area (Å²) in [6, 6.07) is 14.9. The van der Waals surface area contributed by atoms with Gasteiger partial charge in [0.1, 0.15) is 23.8 Å². The van der Waals surface area contributed by atoms with Gasteiger partial charge in [0.05, 0.1) is 70.1 Å². The SMILES string of the molecule is Cc1ncn(-c2ncc(F)c3c(C(=O)C(=O)N4CCN(c5ccnn5-c5ccccn5)CC4)c[nH]c23)n1.O=C(C(=O)N1CCN(c2ccnn2-c2ccccn2)CC1)c1c[nH]c2c(-n3ccnn3)ncc(F)c12. The van der Waals surface area contributed by atoms with Crippen molar-refractivity contribution in [3.8, 4) is 23.3 Å². The molecule has 0 unspecified atom stereocenters. The first-order valence-corrected chi connectivity index (χ1v) is 22.8. The zero-order chi connectivity index (χ0) is 50.2. The molecule has 0 saturated carbocycles. The number of nitrogens with one attached hydrogen (secondary N) is 2. The summed E-state index contributed by atoms with van der Waals surface area (Å²) in [5, 5.41) is 20.5. The Balaban J connectivity index is 0.000000157. The molecular weight excluding hydrogens is 947 g/mol. The second-order valence-electron chi connectivity index (χ2n) is 16.6. The van der Waals surface area contributed by atoms with E-state index in [0.717, 1.165) is 24.0 Å². The molecule has 0 radical (unpaired) electrons. The highest BCUT2D eigenvalue weighted by Gasteiger charge is 2.33. The molecule has 0 aliphatic carbocycles. The van der Waals surface area contributed by atoms with Gasteiger partial charge >= 0.3 is 0 Å². The van der Waals surface area contributed by atoms with Gasteiger partial charge in [0, 0.05) is 89.3 Å². The van der Waals surface area contributed by atoms with Crippen molar-refractivity contribution in [2.24, 2.45) is 0 Å². The summed E-state index contributed by atoms with van der Waals surface area (Å²) in [6.45, 7) is 5.02. The van der Waals surface area contributed by atoms with E-state index < -0.39 is 35.0 Å². The molecule has 24 nitrogen and oxygen atoms in total. The number of piperazine rings is 2. The fraction of sp³-hybridized carbons (Fsp3) is 0.191. The van der Waals surface area contributed by atoms with Crippen molar-refractivity contribution in [1.82, 2.24) is 89.0 Å². The van der Waals surface area contributed by atoms with Crippen LogP contribution in [0.3, 0.4) is 0 Å². The van der Waals surface area contributed by atoms with Gasteiger partial charge in [-0.15, -0.1) is 5.10 Å². The number of carbonyl (C=O) groups is 4. The molecule has 73 heavy (non-hydrogen) atoms. The topological polar surface area (TPSA) is 261 Å². The first-order valence-electron chi connectivity index (χ1n) is 22.8. The monoisotopic (exact) mass is 986 g/mol. The average Bonchev–Trinajstić information content (AvgIpc) is 4.31. The highest BCUT2D eigenvalue weighted by Crippen LogP contribution is 2.29. The number of nitrogens with zero attached hydrogens (tertiary/aromatic N) is 18. The quantitative estimate of drug-likeness (QED) is 0.147. The van der Waals surface area contributed by atoms with Gasteiger partial charge in [-0.2, -0.15) is 24.7 Å². The minimum Gasteiger partial charge on any atom is -0.357 e. The van der Waals surface area contributed by atoms with Crippen molar-refractivity contribution < 1.29 is 28.0 Å². The van der Waals surface area contributed by atoms with Gasteiger partial charge in [0.2, 0.25) is 0 Å². The number of aromatic nitrogens is 16. The summed E-state index contributed by atoms with van der Waals surface area (Å²) in [4.78, 5) is 86.4. The number of Topliss-reactive ketones (excluding diaryl/α,β-unsaturated/α-hetero) is 2. The zero-order valence-corrected chi connectivity index (χ0v) is 38.6. The molecule has 10 aromatic heterocycles. The van der Waals surface area contributed by atoms with E-state index in [1.54, 1.807) is 47.3 Å². The van der Waals surface area contributed by atoms with Crippen molar-refractivity contribution >= 4 is 56.8 Å². The van der Waals surface area contributed by atoms with Gasteiger partial charge in [-0.1, -0.05) is 17.3 Å². The molecule has 12 heterocycles. The first-order chi connectivity index (χ1) is 35.6. The van der Waals surface area contributed by atoms with Crippen molar-refractivity contribution in [1.29, 1.82) is 0 Å². The van der Waals surface area contributed by atoms with Gasteiger partial charge in [0.15, 0.2) is 34.9 Å². The lowest BCUT2D eigenvalue weighted by molar-refractivity contribution is -0.127. The van der Waals surface area contributed by atoms with Crippen LogP contribution >= 0.6 is 0 Å². The van der Waals surface area contributed by atoms with Gasteiger partial charge in [-0.05, 0) is 31.2 Å². The Kier molecular flexibility index (Phi) is 11.9. The van der Waals surface area contributed by atoms with Gasteiger partial charge in [-0.3, -0.25) is 19.2 Å². The minimum atomic E-state index is -0.789. The number of amides is 2. The number of carbonyl (C=O) groups excluding carboxylic acids is 4. The second kappa shape index (κ2) is 19.1. The third-order valence-corrected chi connectivity index (χ3v) is 12.4. The molecule has 2 aliphatic heterocycles. The lowest BCUT2D eigenvalue weighted by Gasteiger charge is -2.35. The fourth-order valence-corrected chi connectivity index (χ4v) is 8.84. The molecule has 2 aliphatic rings. The summed E-state index contributed by atoms with van der Waals surface area (Å²) >= 11 is 0. The first kappa shape index (κ1) is 45.6. The molecule has 26 heteroatoms. The number of aryl methyl sites for hydroxylation is 1. The number of hydrogen-bond acceptors (Lipinski definition) is 16. The number of hydrogen-bond donors (Lipinski definition) is 2. The van der Waals surface area contributed by atoms with E-state index in [9.17, 15) is 28.0 Å². The molecule has 0 bridgehead atoms. The van der Waals surface area contributed by atoms with Crippen LogP contribution < -0.4 is 9.80 Å². The number of fused-ring (bicyclic) bond motifs is 2. The molecule has 0 spiro atoms. The summed E-state index contributed by atoms with van der Waals surface area (Å²) in [5.41, 5.74) is 0.415. The van der Waals surface area contributed by atoms with Crippen LogP contribution in [0.2, 0.25) is 0 Å². The highest BCUT2D eigenvalue weighted by molar-refractivity contribution is 6.45. The predicted octanol–water partition coefficient (Wildman–Crippen LogP) is 3.10. The number of pyridine rings is 4. The smallest absolute Gasteiger partial charge is 0.295 e. The van der Waals surface area contributed by atoms with Gasteiger partial charge in [-0.25, -0.2) is 43.1 Å². The van der Waals surface area contributed by atoms with Crippen LogP contribution in [0.4, 0.5) is 20.4 Å². The number of rotatable bonds is 10. The largest absolute Gasteiger partial charge is 0.357 e. The standard InChI is InChI=1S/C24H21FN10O2.C23H19FN10O2/c1-15-29-14-34(31-15)23-21-20(17(25)13-28-23)16(12-27-21)22(36)24(37)33-10-8-32(9-11-33)19-5-7-30-35(19)18-4-2-3-6-26-18;24-16-14-27-22(33-8-7-28-30-33)20-19(16)15(13-26-20)21(35)23(36)32-11-9-31(10-12-32)18-4-6-29-34(18)17-3-1-2-5-25-17/h2-7,12-14,27H,8-11H2,1H3;1-8,13-14,26H,9-12H2. The maximum absolute atomic E-state index is 14.8. The summed E-state index contributed by atoms with van der Waals surface area (Å²) in [6.07, 6.45) is 15.9. The molecule has 12 rings (SSSR count). The maximum atomic E-state index is 14.8. The molecule has 366 valence electrons. The Morgan fingerprint density at radius 1 is 0.562 bits per heavy atom. The molecule has 0 atom stereocenters. The Labute approximate surface area is 410 Å². The summed E-state index contributed by atoms with van der Waals surface area (Å²) in [5.74, 6) is -0.237. The van der Waals surface area contributed by atoms with E-state index in [4.69, 9.17) is 0 Å². The molecule has 10 aromatic rings. The molecule has 2 fully saturated rings. The van der Waals surface area contributed by atoms with E-state index in [0.29, 0.717) is 69.8 Å². The normalized spacial score (nSPS) is 13.9. The van der Waals surface area contributed by atoms with Crippen molar-refractivity contribution in [2.45, 2.75) is 6.92 Å². The zero-order valence-electron chi connectivity index (χ0n) is 38.6. The average molecular weight is 987 g/mol. The molecule has 2 saturated heterocycles. The summed E-state index contributed by atoms with van der Waals surface area (Å²) in [7, 11) is 0. The molecule has 2 N–H and O–H groups in total. The van der Waals surface area contributed by atoms with Gasteiger partial charge in [0.25, 0.3) is 23.4 Å². The lowest BCUT2D eigenvalue weighted by atomic mass is 10.1. The van der Waals surface area contributed by atoms with Crippen LogP contribution in [-0.4, -0.2) is 165 Å². The van der Waals surface area contributed by atoms with E-state index in [-0.39, 0.29) is 44.6 Å². The minimum absolute atomic E-state index is 0.00518. The van der Waals surface area contributed by atoms with Crippen molar-refractivity contribution in [3.63, 3.8) is 0 Å². The van der Waals surface area contributed by atoms with Gasteiger partial charge < -0.3 is 29.6 Å². The van der Waals surface area contributed by atoms with E-state index >= 15 is 0 Å². The van der Waals surface area contributed by atoms with Crippen LogP contribution in [-0.2, 0) is 9.59 Å². The van der Waals surface area contributed by atoms with E-state index in [1.165, 1.54) is 44.1 Å². The lowest BCUT2D eigenvalue weighted by Crippen LogP contribution is -2.51. The van der Waals surface area contributed by atoms with Crippen LogP contribution in [0.1, 0.15) is 26.5 Å². The Morgan fingerprint density at radius 2 is 1.05 bits per heavy atom. The number of halogens is 2. The molecule has 0 aromatic carbocycles. The maximum Gasteiger partial charge on any atom is 0.295 e. The summed E-state index contributed by atoms with van der Waals surface area (Å²) < 4.78 is 35.7. The van der Waals surface area contributed by atoms with Crippen LogP contribution in [0.15, 0.2) is 117 Å². The van der Waals surface area contributed by atoms with Crippen molar-refractivity contribution in [2.75, 3.05) is 62.2 Å². The third kappa shape index (κ3) is 8.54.